The van der Waals surface area contributed by atoms with Crippen molar-refractivity contribution in [2.75, 3.05) is 14.2 Å². The van der Waals surface area contributed by atoms with Crippen molar-refractivity contribution in [1.29, 1.82) is 0 Å². The zero-order valence-corrected chi connectivity index (χ0v) is 26.2. The lowest BCUT2D eigenvalue weighted by Gasteiger charge is -2.33. The van der Waals surface area contributed by atoms with Crippen LogP contribution in [0.15, 0.2) is 0 Å². The number of methoxy groups -OCH3 is 2. The van der Waals surface area contributed by atoms with Crippen LogP contribution in [0.5, 0.6) is 0 Å². The number of hydrogen-bond acceptors (Lipinski definition) is 9. The molecule has 12 nitrogen and oxygen atoms in total. The Balaban J connectivity index is 0.000000231. The Bertz CT molecular complexity index is 1050. The van der Waals surface area contributed by atoms with Crippen LogP contribution in [0.4, 0.5) is 9.59 Å². The molecule has 0 spiro atoms. The maximum Gasteiger partial charge on any atom is 0.407 e. The third-order valence-electron chi connectivity index (χ3n) is 9.06. The van der Waals surface area contributed by atoms with Crippen LogP contribution >= 0.6 is 0 Å². The summed E-state index contributed by atoms with van der Waals surface area (Å²) in [5, 5.41) is 15.1. The van der Waals surface area contributed by atoms with E-state index in [1.54, 1.807) is 20.8 Å². The number of fused-ring (bicyclic) bond motifs is 4. The summed E-state index contributed by atoms with van der Waals surface area (Å²) in [7, 11) is 2.68. The average Bonchev–Trinajstić information content (AvgIpc) is 3.60. The summed E-state index contributed by atoms with van der Waals surface area (Å²) >= 11 is 0. The fraction of sp³-hybridized carbons (Fsp3) is 0.833. The summed E-state index contributed by atoms with van der Waals surface area (Å²) in [5.41, 5.74) is -1.11. The predicted octanol–water partition coefficient (Wildman–Crippen LogP) is 3.75. The first-order valence-corrected chi connectivity index (χ1v) is 14.7. The van der Waals surface area contributed by atoms with Crippen LogP contribution in [0, 0.1) is 47.3 Å². The van der Waals surface area contributed by atoms with E-state index in [1.165, 1.54) is 14.2 Å². The summed E-state index contributed by atoms with van der Waals surface area (Å²) < 4.78 is 20.2. The van der Waals surface area contributed by atoms with Crippen LogP contribution in [0.25, 0.3) is 0 Å². The second-order valence-electron chi connectivity index (χ2n) is 14.1. The minimum atomic E-state index is -0.974. The van der Waals surface area contributed by atoms with Crippen molar-refractivity contribution in [2.24, 2.45) is 47.3 Å². The Morgan fingerprint density at radius 1 is 0.643 bits per heavy atom. The lowest BCUT2D eigenvalue weighted by atomic mass is 9.77. The van der Waals surface area contributed by atoms with E-state index < -0.39 is 47.2 Å². The highest BCUT2D eigenvalue weighted by Crippen LogP contribution is 2.53. The largest absolute Gasteiger partial charge is 0.481 e. The van der Waals surface area contributed by atoms with Gasteiger partial charge in [-0.1, -0.05) is 6.92 Å². The van der Waals surface area contributed by atoms with Crippen LogP contribution in [0.1, 0.15) is 74.1 Å². The molecule has 10 atom stereocenters. The fourth-order valence-corrected chi connectivity index (χ4v) is 7.57. The molecule has 0 heterocycles. The minimum Gasteiger partial charge on any atom is -0.481 e. The first-order chi connectivity index (χ1) is 19.4. The van der Waals surface area contributed by atoms with Crippen molar-refractivity contribution in [1.82, 2.24) is 10.6 Å². The molecule has 4 aliphatic rings. The first kappa shape index (κ1) is 33.5. The second kappa shape index (κ2) is 12.7. The van der Waals surface area contributed by atoms with Crippen molar-refractivity contribution >= 4 is 30.1 Å². The number of alkyl carbamates (subject to hydrolysis) is 2. The quantitative estimate of drug-likeness (QED) is 0.314. The molecule has 0 aromatic rings. The number of carboxylic acid groups (broad SMARTS) is 1. The molecule has 4 bridgehead atoms. The number of nitrogens with one attached hydrogen (secondary N) is 2. The topological polar surface area (TPSA) is 167 Å². The van der Waals surface area contributed by atoms with Gasteiger partial charge >= 0.3 is 30.1 Å². The third-order valence-corrected chi connectivity index (χ3v) is 9.06. The number of aliphatic carboxylic acids is 1. The van der Waals surface area contributed by atoms with Crippen molar-refractivity contribution in [3.05, 3.63) is 0 Å². The maximum absolute atomic E-state index is 11.9. The molecular formula is C30H48N2O10. The van der Waals surface area contributed by atoms with Gasteiger partial charge in [-0.2, -0.15) is 0 Å². The molecule has 0 aliphatic heterocycles. The Kier molecular flexibility index (Phi) is 10.1. The molecule has 2 amide bonds. The van der Waals surface area contributed by atoms with Gasteiger partial charge in [0.1, 0.15) is 11.2 Å². The van der Waals surface area contributed by atoms with Gasteiger partial charge in [0.25, 0.3) is 0 Å². The molecule has 0 aromatic heterocycles. The highest BCUT2D eigenvalue weighted by Gasteiger charge is 2.59. The van der Waals surface area contributed by atoms with E-state index in [9.17, 15) is 29.1 Å². The smallest absolute Gasteiger partial charge is 0.407 e. The second-order valence-corrected chi connectivity index (χ2v) is 14.1. The molecule has 0 aromatic carbocycles. The van der Waals surface area contributed by atoms with Crippen LogP contribution in [0.3, 0.4) is 0 Å². The van der Waals surface area contributed by atoms with E-state index in [2.05, 4.69) is 17.6 Å². The molecule has 4 saturated carbocycles. The van der Waals surface area contributed by atoms with E-state index in [0.29, 0.717) is 24.7 Å². The number of amides is 2. The molecule has 238 valence electrons. The molecule has 0 saturated heterocycles. The molecular weight excluding hydrogens is 548 g/mol. The number of carboxylic acids is 1. The highest BCUT2D eigenvalue weighted by atomic mass is 16.6. The molecule has 4 fully saturated rings. The number of hydrogen-bond donors (Lipinski definition) is 3. The van der Waals surface area contributed by atoms with Crippen LogP contribution in [-0.2, 0) is 33.3 Å². The third kappa shape index (κ3) is 7.66. The van der Waals surface area contributed by atoms with E-state index in [0.717, 1.165) is 12.8 Å². The Morgan fingerprint density at radius 3 is 1.45 bits per heavy atom. The first-order valence-electron chi connectivity index (χ1n) is 14.7. The lowest BCUT2D eigenvalue weighted by Crippen LogP contribution is -2.48. The van der Waals surface area contributed by atoms with Gasteiger partial charge in [-0.25, -0.2) is 9.59 Å². The minimum absolute atomic E-state index is 0.0233. The van der Waals surface area contributed by atoms with Gasteiger partial charge in [0.05, 0.1) is 32.0 Å². The zero-order chi connectivity index (χ0) is 31.7. The highest BCUT2D eigenvalue weighted by molar-refractivity contribution is 5.83. The van der Waals surface area contributed by atoms with Crippen molar-refractivity contribution in [3.8, 4) is 0 Å². The Morgan fingerprint density at radius 2 is 1.05 bits per heavy atom. The summed E-state index contributed by atoms with van der Waals surface area (Å²) in [6, 6.07) is -0.227. The van der Waals surface area contributed by atoms with Gasteiger partial charge in [-0.3, -0.25) is 14.4 Å². The van der Waals surface area contributed by atoms with Crippen LogP contribution in [0.2, 0.25) is 0 Å². The zero-order valence-electron chi connectivity index (χ0n) is 26.2. The molecule has 12 heteroatoms. The number of carbonyl (C=O) groups is 5. The number of ether oxygens (including phenoxy) is 4. The maximum atomic E-state index is 11.9. The summed E-state index contributed by atoms with van der Waals surface area (Å²) in [6.07, 6.45) is 2.14. The fourth-order valence-electron chi connectivity index (χ4n) is 7.57. The summed E-state index contributed by atoms with van der Waals surface area (Å²) in [5.74, 6) is -2.51. The van der Waals surface area contributed by atoms with Crippen LogP contribution < -0.4 is 10.6 Å². The van der Waals surface area contributed by atoms with Crippen molar-refractivity contribution < 1.29 is 48.0 Å². The molecule has 4 unspecified atom stereocenters. The van der Waals surface area contributed by atoms with Gasteiger partial charge in [-0.15, -0.1) is 0 Å². The monoisotopic (exact) mass is 596 g/mol. The molecule has 42 heavy (non-hydrogen) atoms. The molecule has 3 N–H and O–H groups in total. The van der Waals surface area contributed by atoms with E-state index in [-0.39, 0.29) is 41.7 Å². The molecule has 0 radical (unpaired) electrons. The number of carbonyl (C=O) groups excluding carboxylic acids is 4. The van der Waals surface area contributed by atoms with Gasteiger partial charge < -0.3 is 34.7 Å². The van der Waals surface area contributed by atoms with Crippen molar-refractivity contribution in [2.45, 2.75) is 97.4 Å². The summed E-state index contributed by atoms with van der Waals surface area (Å²) in [4.78, 5) is 59.0. The van der Waals surface area contributed by atoms with E-state index in [1.807, 2.05) is 20.8 Å². The van der Waals surface area contributed by atoms with Gasteiger partial charge in [0.15, 0.2) is 0 Å². The lowest BCUT2D eigenvalue weighted by molar-refractivity contribution is -0.158. The summed E-state index contributed by atoms with van der Waals surface area (Å²) in [6.45, 7) is 12.9. The number of esters is 2. The van der Waals surface area contributed by atoms with Gasteiger partial charge in [-0.05, 0) is 96.8 Å². The molecule has 4 rings (SSSR count). The predicted molar refractivity (Wildman–Crippen MR) is 150 cm³/mol. The normalized spacial score (nSPS) is 34.5. The van der Waals surface area contributed by atoms with Gasteiger partial charge in [0.2, 0.25) is 0 Å². The number of rotatable bonds is 5. The van der Waals surface area contributed by atoms with Crippen LogP contribution in [-0.4, -0.2) is 72.7 Å². The van der Waals surface area contributed by atoms with Gasteiger partial charge in [0, 0.05) is 12.1 Å². The Hall–Kier alpha value is -3.05. The Labute approximate surface area is 247 Å². The van der Waals surface area contributed by atoms with E-state index >= 15 is 0 Å². The van der Waals surface area contributed by atoms with E-state index in [4.69, 9.17) is 18.9 Å². The molecule has 4 aliphatic carbocycles. The average molecular weight is 597 g/mol. The SMILES string of the molecule is COC(=O)[C@H]1C2CC(C[C@@H]2NC(=O)OC(C)(C)C)[C@@H]1C.COC(=O)[C@H]1C2CC(C[C@@H]2NC(=O)OC(C)(C)C)[C@@H]1C(=O)O. The standard InChI is InChI=1S/C15H23NO6.C15H25NO4/c1-15(2,3)22-14(20)16-9-6-7-5-8(9)11(13(19)21-4)10(7)12(17)18;1-8-9-6-10(12(8)13(17)19-5)11(7-9)16-14(18)20-15(2,3)4/h7-11H,5-6H2,1-4H3,(H,16,20)(H,17,18);8-12H,6-7H2,1-5H3,(H,16,18)/t7?,8?,9-,10-,11-;8-,9?,10?,11-,12+/m00/s1. The van der Waals surface area contributed by atoms with Crippen molar-refractivity contribution in [3.63, 3.8) is 0 Å².